The largest absolute Gasteiger partial charge is 0.485 e. The summed E-state index contributed by atoms with van der Waals surface area (Å²) in [7, 11) is 0. The monoisotopic (exact) mass is 252 g/mol. The molecule has 0 spiro atoms. The summed E-state index contributed by atoms with van der Waals surface area (Å²) in [5, 5.41) is 0. The van der Waals surface area contributed by atoms with Crippen LogP contribution in [0.4, 0.5) is 8.78 Å². The molecule has 0 atom stereocenters. The Kier molecular flexibility index (Phi) is 3.60. The van der Waals surface area contributed by atoms with Gasteiger partial charge in [0, 0.05) is 12.4 Å². The number of nitrogens with zero attached hydrogens (tertiary/aromatic N) is 2. The Morgan fingerprint density at radius 2 is 2.11 bits per heavy atom. The molecular formula is C13H14F2N2O. The molecule has 0 bridgehead atoms. The summed E-state index contributed by atoms with van der Waals surface area (Å²) < 4.78 is 31.5. The molecule has 2 rings (SSSR count). The van der Waals surface area contributed by atoms with Gasteiger partial charge in [0.25, 0.3) is 0 Å². The molecule has 0 saturated carbocycles. The summed E-state index contributed by atoms with van der Waals surface area (Å²) in [5.41, 5.74) is 2.11. The van der Waals surface area contributed by atoms with Crippen LogP contribution in [-0.2, 0) is 6.61 Å². The average molecular weight is 252 g/mol. The van der Waals surface area contributed by atoms with Crippen molar-refractivity contribution in [2.24, 2.45) is 0 Å². The van der Waals surface area contributed by atoms with Gasteiger partial charge in [0.2, 0.25) is 0 Å². The molecule has 1 heterocycles. The van der Waals surface area contributed by atoms with Crippen molar-refractivity contribution in [1.29, 1.82) is 0 Å². The number of aromatic nitrogens is 2. The maximum atomic E-state index is 12.6. The minimum Gasteiger partial charge on any atom is -0.485 e. The molecular weight excluding hydrogens is 238 g/mol. The summed E-state index contributed by atoms with van der Waals surface area (Å²) in [6, 6.07) is 5.73. The summed E-state index contributed by atoms with van der Waals surface area (Å²) in [5.74, 6) is 0.898. The van der Waals surface area contributed by atoms with Crippen LogP contribution in [0.3, 0.4) is 0 Å². The van der Waals surface area contributed by atoms with Gasteiger partial charge in [-0.15, -0.1) is 0 Å². The molecule has 0 aliphatic rings. The van der Waals surface area contributed by atoms with Crippen molar-refractivity contribution in [1.82, 2.24) is 9.55 Å². The third kappa shape index (κ3) is 2.67. The topological polar surface area (TPSA) is 27.1 Å². The fraction of sp³-hybridized carbons (Fsp3) is 0.308. The van der Waals surface area contributed by atoms with Gasteiger partial charge in [-0.25, -0.2) is 4.98 Å². The Labute approximate surface area is 104 Å². The highest BCUT2D eigenvalue weighted by Crippen LogP contribution is 2.20. The van der Waals surface area contributed by atoms with Crippen molar-refractivity contribution in [2.75, 3.05) is 0 Å². The first-order valence-corrected chi connectivity index (χ1v) is 5.58. The standard InChI is InChI=1S/C13H14F2N2O/c1-9-3-4-11(10(2)7-9)18-8-12-16-5-6-17(12)13(14)15/h3-7,13H,8H2,1-2H3. The molecule has 1 aromatic heterocycles. The van der Waals surface area contributed by atoms with Crippen LogP contribution in [0.25, 0.3) is 0 Å². The van der Waals surface area contributed by atoms with Crippen LogP contribution in [0.1, 0.15) is 23.5 Å². The number of rotatable bonds is 4. The second kappa shape index (κ2) is 5.16. The van der Waals surface area contributed by atoms with Crippen LogP contribution >= 0.6 is 0 Å². The van der Waals surface area contributed by atoms with Crippen molar-refractivity contribution in [3.05, 3.63) is 47.5 Å². The molecule has 2 aromatic rings. The lowest BCUT2D eigenvalue weighted by Crippen LogP contribution is -2.07. The van der Waals surface area contributed by atoms with E-state index in [1.54, 1.807) is 0 Å². The highest BCUT2D eigenvalue weighted by molar-refractivity contribution is 5.35. The molecule has 96 valence electrons. The molecule has 5 heteroatoms. The van der Waals surface area contributed by atoms with Gasteiger partial charge in [0.15, 0.2) is 5.82 Å². The van der Waals surface area contributed by atoms with Crippen molar-refractivity contribution in [3.63, 3.8) is 0 Å². The number of aryl methyl sites for hydroxylation is 2. The van der Waals surface area contributed by atoms with Crippen LogP contribution in [0, 0.1) is 13.8 Å². The number of imidazole rings is 1. The Hall–Kier alpha value is -1.91. The predicted octanol–water partition coefficient (Wildman–Crippen LogP) is 3.47. The van der Waals surface area contributed by atoms with Crippen molar-refractivity contribution >= 4 is 0 Å². The Morgan fingerprint density at radius 3 is 2.78 bits per heavy atom. The van der Waals surface area contributed by atoms with E-state index in [0.29, 0.717) is 5.75 Å². The highest BCUT2D eigenvalue weighted by atomic mass is 19.3. The summed E-state index contributed by atoms with van der Waals surface area (Å²) >= 11 is 0. The van der Waals surface area contributed by atoms with Crippen LogP contribution in [0.15, 0.2) is 30.6 Å². The first-order valence-electron chi connectivity index (χ1n) is 5.58. The lowest BCUT2D eigenvalue weighted by atomic mass is 10.1. The minimum absolute atomic E-state index is 0.0290. The van der Waals surface area contributed by atoms with Crippen LogP contribution in [-0.4, -0.2) is 9.55 Å². The number of halogens is 2. The molecule has 18 heavy (non-hydrogen) atoms. The number of hydrogen-bond donors (Lipinski definition) is 0. The maximum absolute atomic E-state index is 12.6. The van der Waals surface area contributed by atoms with Crippen molar-refractivity contribution < 1.29 is 13.5 Å². The Balaban J connectivity index is 2.09. The Morgan fingerprint density at radius 1 is 1.33 bits per heavy atom. The summed E-state index contributed by atoms with van der Waals surface area (Å²) in [4.78, 5) is 3.86. The van der Waals surface area contributed by atoms with Gasteiger partial charge in [-0.3, -0.25) is 4.57 Å². The number of benzene rings is 1. The predicted molar refractivity (Wildman–Crippen MR) is 63.7 cm³/mol. The second-order valence-corrected chi connectivity index (χ2v) is 4.09. The molecule has 0 radical (unpaired) electrons. The van der Waals surface area contributed by atoms with Gasteiger partial charge < -0.3 is 4.74 Å². The van der Waals surface area contributed by atoms with Gasteiger partial charge in [0.1, 0.15) is 12.4 Å². The van der Waals surface area contributed by atoms with Crippen LogP contribution < -0.4 is 4.74 Å². The van der Waals surface area contributed by atoms with Crippen molar-refractivity contribution in [2.45, 2.75) is 27.0 Å². The molecule has 0 unspecified atom stereocenters. The third-order valence-electron chi connectivity index (χ3n) is 2.65. The zero-order valence-electron chi connectivity index (χ0n) is 10.2. The number of ether oxygens (including phenoxy) is 1. The first kappa shape index (κ1) is 12.5. The molecule has 3 nitrogen and oxygen atoms in total. The fourth-order valence-corrected chi connectivity index (χ4v) is 1.74. The molecule has 0 fully saturated rings. The third-order valence-corrected chi connectivity index (χ3v) is 2.65. The van der Waals surface area contributed by atoms with E-state index in [0.717, 1.165) is 15.7 Å². The molecule has 1 aromatic carbocycles. The normalized spacial score (nSPS) is 10.9. The molecule has 0 aliphatic heterocycles. The lowest BCUT2D eigenvalue weighted by Gasteiger charge is -2.10. The van der Waals surface area contributed by atoms with E-state index in [1.807, 2.05) is 32.0 Å². The van der Waals surface area contributed by atoms with Crippen LogP contribution in [0.5, 0.6) is 5.75 Å². The van der Waals surface area contributed by atoms with E-state index in [9.17, 15) is 8.78 Å². The maximum Gasteiger partial charge on any atom is 0.320 e. The van der Waals surface area contributed by atoms with E-state index in [1.165, 1.54) is 12.4 Å². The zero-order chi connectivity index (χ0) is 13.1. The lowest BCUT2D eigenvalue weighted by molar-refractivity contribution is 0.0632. The first-order chi connectivity index (χ1) is 8.58. The average Bonchev–Trinajstić information content (AvgIpc) is 2.76. The minimum atomic E-state index is -2.59. The van der Waals surface area contributed by atoms with Gasteiger partial charge >= 0.3 is 6.55 Å². The van der Waals surface area contributed by atoms with E-state index in [-0.39, 0.29) is 12.4 Å². The highest BCUT2D eigenvalue weighted by Gasteiger charge is 2.12. The summed E-state index contributed by atoms with van der Waals surface area (Å²) in [6.07, 6.45) is 2.58. The van der Waals surface area contributed by atoms with Crippen molar-refractivity contribution in [3.8, 4) is 5.75 Å². The van der Waals surface area contributed by atoms with Gasteiger partial charge in [0.05, 0.1) is 0 Å². The van der Waals surface area contributed by atoms with E-state index >= 15 is 0 Å². The fourth-order valence-electron chi connectivity index (χ4n) is 1.74. The quantitative estimate of drug-likeness (QED) is 0.833. The van der Waals surface area contributed by atoms with E-state index in [4.69, 9.17) is 4.74 Å². The summed E-state index contributed by atoms with van der Waals surface area (Å²) in [6.45, 7) is 1.34. The Bertz CT molecular complexity index is 538. The van der Waals surface area contributed by atoms with Gasteiger partial charge in [-0.1, -0.05) is 17.7 Å². The number of alkyl halides is 2. The van der Waals surface area contributed by atoms with E-state index < -0.39 is 6.55 Å². The van der Waals surface area contributed by atoms with Gasteiger partial charge in [-0.2, -0.15) is 8.78 Å². The zero-order valence-corrected chi connectivity index (χ0v) is 10.2. The SMILES string of the molecule is Cc1ccc(OCc2nccn2C(F)F)c(C)c1. The molecule has 0 amide bonds. The molecule has 0 saturated heterocycles. The van der Waals surface area contributed by atoms with Gasteiger partial charge in [-0.05, 0) is 25.5 Å². The van der Waals surface area contributed by atoms with E-state index in [2.05, 4.69) is 4.98 Å². The second-order valence-electron chi connectivity index (χ2n) is 4.09. The molecule has 0 aliphatic carbocycles. The number of hydrogen-bond acceptors (Lipinski definition) is 2. The van der Waals surface area contributed by atoms with Crippen LogP contribution in [0.2, 0.25) is 0 Å². The molecule has 0 N–H and O–H groups in total. The smallest absolute Gasteiger partial charge is 0.320 e.